The molecule has 0 unspecified atom stereocenters. The van der Waals surface area contributed by atoms with Crippen molar-refractivity contribution in [2.24, 2.45) is 5.10 Å². The second-order valence-corrected chi connectivity index (χ2v) is 7.04. The van der Waals surface area contributed by atoms with Crippen LogP contribution in [0.1, 0.15) is 21.5 Å². The highest BCUT2D eigenvalue weighted by molar-refractivity contribution is 9.10. The van der Waals surface area contributed by atoms with Crippen LogP contribution < -0.4 is 10.2 Å². The topological polar surface area (TPSA) is 50.7 Å². The van der Waals surface area contributed by atoms with E-state index in [2.05, 4.69) is 26.5 Å². The molecule has 0 amide bonds. The fourth-order valence-corrected chi connectivity index (χ4v) is 2.62. The molecule has 0 heterocycles. The average Bonchev–Trinajstić information content (AvgIpc) is 2.68. The molecule has 3 aromatic rings. The van der Waals surface area contributed by atoms with Crippen LogP contribution in [0.3, 0.4) is 0 Å². The van der Waals surface area contributed by atoms with Crippen molar-refractivity contribution in [3.8, 4) is 5.75 Å². The lowest BCUT2D eigenvalue weighted by Gasteiger charge is -2.05. The van der Waals surface area contributed by atoms with Gasteiger partial charge >= 0.3 is 5.97 Å². The lowest BCUT2D eigenvalue weighted by Crippen LogP contribution is -2.08. The fraction of sp³-hybridized carbons (Fsp3) is 0.0476. The third-order valence-corrected chi connectivity index (χ3v) is 4.45. The molecule has 3 aromatic carbocycles. The van der Waals surface area contributed by atoms with E-state index in [1.165, 1.54) is 0 Å². The monoisotopic (exact) mass is 442 g/mol. The Morgan fingerprint density at radius 1 is 1.00 bits per heavy atom. The number of ether oxygens (including phenoxy) is 1. The second-order valence-electron chi connectivity index (χ2n) is 5.69. The first-order valence-electron chi connectivity index (χ1n) is 8.18. The first-order valence-corrected chi connectivity index (χ1v) is 9.35. The van der Waals surface area contributed by atoms with Crippen LogP contribution in [0.25, 0.3) is 0 Å². The summed E-state index contributed by atoms with van der Waals surface area (Å²) >= 11 is 9.19. The molecule has 0 atom stereocenters. The normalized spacial score (nSPS) is 10.7. The minimum absolute atomic E-state index is 0.395. The molecule has 0 aliphatic rings. The SMILES string of the molecule is O=C(Oc1ccc(/C=N/NCc2ccc(Cl)cc2)cc1)c1ccc(Br)cc1. The maximum atomic E-state index is 12.1. The largest absolute Gasteiger partial charge is 0.423 e. The van der Waals surface area contributed by atoms with E-state index in [1.807, 2.05) is 36.4 Å². The van der Waals surface area contributed by atoms with Gasteiger partial charge in [0.2, 0.25) is 0 Å². The Morgan fingerprint density at radius 3 is 2.33 bits per heavy atom. The molecule has 0 radical (unpaired) electrons. The summed E-state index contributed by atoms with van der Waals surface area (Å²) in [6.07, 6.45) is 1.70. The van der Waals surface area contributed by atoms with E-state index in [0.29, 0.717) is 22.9 Å². The first kappa shape index (κ1) is 19.1. The van der Waals surface area contributed by atoms with Crippen molar-refractivity contribution in [2.45, 2.75) is 6.54 Å². The summed E-state index contributed by atoms with van der Waals surface area (Å²) in [4.78, 5) is 12.1. The molecule has 6 heteroatoms. The lowest BCUT2D eigenvalue weighted by molar-refractivity contribution is 0.0735. The summed E-state index contributed by atoms with van der Waals surface area (Å²) in [7, 11) is 0. The fourth-order valence-electron chi connectivity index (χ4n) is 2.23. The van der Waals surface area contributed by atoms with Gasteiger partial charge in [-0.05, 0) is 71.8 Å². The van der Waals surface area contributed by atoms with Crippen molar-refractivity contribution >= 4 is 39.7 Å². The van der Waals surface area contributed by atoms with Gasteiger partial charge < -0.3 is 10.2 Å². The van der Waals surface area contributed by atoms with Crippen LogP contribution >= 0.6 is 27.5 Å². The summed E-state index contributed by atoms with van der Waals surface area (Å²) in [5.41, 5.74) is 5.46. The van der Waals surface area contributed by atoms with E-state index >= 15 is 0 Å². The number of nitrogens with zero attached hydrogens (tertiary/aromatic N) is 1. The van der Waals surface area contributed by atoms with Gasteiger partial charge in [-0.15, -0.1) is 0 Å². The van der Waals surface area contributed by atoms with Crippen LogP contribution in [0.4, 0.5) is 0 Å². The molecular weight excluding hydrogens is 428 g/mol. The maximum Gasteiger partial charge on any atom is 0.343 e. The lowest BCUT2D eigenvalue weighted by atomic mass is 10.2. The van der Waals surface area contributed by atoms with E-state index in [0.717, 1.165) is 15.6 Å². The molecule has 0 aliphatic carbocycles. The minimum Gasteiger partial charge on any atom is -0.423 e. The highest BCUT2D eigenvalue weighted by Gasteiger charge is 2.08. The predicted molar refractivity (Wildman–Crippen MR) is 111 cm³/mol. The quantitative estimate of drug-likeness (QED) is 0.239. The number of carbonyl (C=O) groups excluding carboxylic acids is 1. The molecule has 4 nitrogen and oxygen atoms in total. The van der Waals surface area contributed by atoms with Crippen LogP contribution in [-0.2, 0) is 6.54 Å². The highest BCUT2D eigenvalue weighted by Crippen LogP contribution is 2.15. The Bertz CT molecular complexity index is 924. The number of carbonyl (C=O) groups is 1. The van der Waals surface area contributed by atoms with Gasteiger partial charge in [-0.3, -0.25) is 0 Å². The van der Waals surface area contributed by atoms with Gasteiger partial charge in [-0.25, -0.2) is 4.79 Å². The van der Waals surface area contributed by atoms with Gasteiger partial charge in [0.25, 0.3) is 0 Å². The third kappa shape index (κ3) is 5.94. The zero-order valence-electron chi connectivity index (χ0n) is 14.2. The summed E-state index contributed by atoms with van der Waals surface area (Å²) in [5, 5.41) is 4.90. The van der Waals surface area contributed by atoms with Crippen LogP contribution in [-0.4, -0.2) is 12.2 Å². The summed E-state index contributed by atoms with van der Waals surface area (Å²) in [6.45, 7) is 0.608. The summed E-state index contributed by atoms with van der Waals surface area (Å²) < 4.78 is 6.27. The van der Waals surface area contributed by atoms with Crippen LogP contribution in [0.15, 0.2) is 82.4 Å². The molecule has 27 heavy (non-hydrogen) atoms. The van der Waals surface area contributed by atoms with E-state index in [4.69, 9.17) is 16.3 Å². The molecule has 0 saturated heterocycles. The second kappa shape index (κ2) is 9.35. The molecule has 1 N–H and O–H groups in total. The van der Waals surface area contributed by atoms with Gasteiger partial charge in [0.1, 0.15) is 5.75 Å². The Hall–Kier alpha value is -2.63. The molecule has 0 aromatic heterocycles. The van der Waals surface area contributed by atoms with Crippen LogP contribution in [0.5, 0.6) is 5.75 Å². The Morgan fingerprint density at radius 2 is 1.67 bits per heavy atom. The first-order chi connectivity index (χ1) is 13.1. The number of rotatable bonds is 6. The number of benzene rings is 3. The Kier molecular flexibility index (Phi) is 6.63. The number of hydrogen-bond donors (Lipinski definition) is 1. The number of hydrogen-bond acceptors (Lipinski definition) is 4. The highest BCUT2D eigenvalue weighted by atomic mass is 79.9. The van der Waals surface area contributed by atoms with Crippen molar-refractivity contribution in [3.63, 3.8) is 0 Å². The predicted octanol–water partition coefficient (Wildman–Crippen LogP) is 5.45. The molecule has 3 rings (SSSR count). The number of hydrazone groups is 1. The number of halogens is 2. The van der Waals surface area contributed by atoms with Crippen LogP contribution in [0, 0.1) is 0 Å². The van der Waals surface area contributed by atoms with E-state index in [1.54, 1.807) is 42.6 Å². The van der Waals surface area contributed by atoms with Crippen molar-refractivity contribution in [3.05, 3.63) is 99.0 Å². The molecular formula is C21H16BrClN2O2. The van der Waals surface area contributed by atoms with Gasteiger partial charge in [0.15, 0.2) is 0 Å². The average molecular weight is 444 g/mol. The van der Waals surface area contributed by atoms with Gasteiger partial charge in [-0.1, -0.05) is 39.7 Å². The van der Waals surface area contributed by atoms with E-state index < -0.39 is 5.97 Å². The smallest absolute Gasteiger partial charge is 0.343 e. The maximum absolute atomic E-state index is 12.1. The van der Waals surface area contributed by atoms with Crippen molar-refractivity contribution in [2.75, 3.05) is 0 Å². The van der Waals surface area contributed by atoms with E-state index in [9.17, 15) is 4.79 Å². The van der Waals surface area contributed by atoms with Gasteiger partial charge in [0.05, 0.1) is 18.3 Å². The van der Waals surface area contributed by atoms with Crippen LogP contribution in [0.2, 0.25) is 5.02 Å². The Labute approximate surface area is 171 Å². The number of nitrogens with one attached hydrogen (secondary N) is 1. The zero-order chi connectivity index (χ0) is 19.1. The molecule has 0 aliphatic heterocycles. The van der Waals surface area contributed by atoms with Gasteiger partial charge in [0, 0.05) is 9.50 Å². The molecule has 0 spiro atoms. The van der Waals surface area contributed by atoms with E-state index in [-0.39, 0.29) is 0 Å². The molecule has 0 fully saturated rings. The molecule has 136 valence electrons. The van der Waals surface area contributed by atoms with Crippen molar-refractivity contribution in [1.82, 2.24) is 5.43 Å². The minimum atomic E-state index is -0.395. The number of esters is 1. The van der Waals surface area contributed by atoms with Crippen molar-refractivity contribution in [1.29, 1.82) is 0 Å². The third-order valence-electron chi connectivity index (χ3n) is 3.67. The summed E-state index contributed by atoms with van der Waals surface area (Å²) in [5.74, 6) is 0.0859. The molecule has 0 bridgehead atoms. The Balaban J connectivity index is 1.51. The van der Waals surface area contributed by atoms with Crippen molar-refractivity contribution < 1.29 is 9.53 Å². The summed E-state index contributed by atoms with van der Waals surface area (Å²) in [6, 6.07) is 21.7. The molecule has 0 saturated carbocycles. The zero-order valence-corrected chi connectivity index (χ0v) is 16.6. The van der Waals surface area contributed by atoms with Gasteiger partial charge in [-0.2, -0.15) is 5.10 Å². The standard InChI is InChI=1S/C21H16BrClN2O2/c22-18-7-5-17(6-8-18)21(26)27-20-11-3-16(4-12-20)14-25-24-13-15-1-9-19(23)10-2-15/h1-12,14,24H,13H2/b25-14+.